The number of hydrogen-bond acceptors (Lipinski definition) is 4. The van der Waals surface area contributed by atoms with E-state index in [2.05, 4.69) is 0 Å². The highest BCUT2D eigenvalue weighted by Crippen LogP contribution is 2.23. The third-order valence-electron chi connectivity index (χ3n) is 3.10. The van der Waals surface area contributed by atoms with Crippen LogP contribution in [0.15, 0.2) is 29.2 Å². The molecule has 1 saturated heterocycles. The molecule has 1 N–H and O–H groups in total. The SMILES string of the molecule is COc1cccc(S(=O)(=O)N2CCC(O)CC2)c1. The molecule has 2 rings (SSSR count). The molecular formula is C12H17NO4S. The highest BCUT2D eigenvalue weighted by atomic mass is 32.2. The number of benzene rings is 1. The standard InChI is InChI=1S/C12H17NO4S/c1-17-11-3-2-4-12(9-11)18(15,16)13-7-5-10(14)6-8-13/h2-4,9-10,14H,5-8H2,1H3. The van der Waals surface area contributed by atoms with Crippen molar-refractivity contribution in [2.45, 2.75) is 23.8 Å². The summed E-state index contributed by atoms with van der Waals surface area (Å²) in [5.41, 5.74) is 0. The highest BCUT2D eigenvalue weighted by Gasteiger charge is 2.28. The molecule has 100 valence electrons. The summed E-state index contributed by atoms with van der Waals surface area (Å²) in [6.45, 7) is 0.724. The topological polar surface area (TPSA) is 66.8 Å². The third-order valence-corrected chi connectivity index (χ3v) is 5.00. The Morgan fingerprint density at radius 3 is 2.61 bits per heavy atom. The average Bonchev–Trinajstić information content (AvgIpc) is 2.39. The summed E-state index contributed by atoms with van der Waals surface area (Å²) >= 11 is 0. The number of aliphatic hydroxyl groups is 1. The lowest BCUT2D eigenvalue weighted by Gasteiger charge is -2.28. The fourth-order valence-corrected chi connectivity index (χ4v) is 3.50. The maximum absolute atomic E-state index is 12.4. The second kappa shape index (κ2) is 5.26. The van der Waals surface area contributed by atoms with Crippen molar-refractivity contribution in [3.8, 4) is 5.75 Å². The largest absolute Gasteiger partial charge is 0.497 e. The number of nitrogens with zero attached hydrogens (tertiary/aromatic N) is 1. The van der Waals surface area contributed by atoms with E-state index in [1.54, 1.807) is 18.2 Å². The van der Waals surface area contributed by atoms with Crippen LogP contribution in [0.1, 0.15) is 12.8 Å². The molecule has 5 nitrogen and oxygen atoms in total. The average molecular weight is 271 g/mol. The molecule has 0 amide bonds. The van der Waals surface area contributed by atoms with Crippen LogP contribution in [0, 0.1) is 0 Å². The Morgan fingerprint density at radius 1 is 1.33 bits per heavy atom. The van der Waals surface area contributed by atoms with Gasteiger partial charge in [-0.1, -0.05) is 6.07 Å². The van der Waals surface area contributed by atoms with Gasteiger partial charge in [0.1, 0.15) is 5.75 Å². The van der Waals surface area contributed by atoms with Crippen LogP contribution in [0.25, 0.3) is 0 Å². The summed E-state index contributed by atoms with van der Waals surface area (Å²) in [4.78, 5) is 0.234. The number of rotatable bonds is 3. The van der Waals surface area contributed by atoms with E-state index in [0.717, 1.165) is 0 Å². The fourth-order valence-electron chi connectivity index (χ4n) is 1.99. The van der Waals surface area contributed by atoms with Crippen LogP contribution in [0.5, 0.6) is 5.75 Å². The molecule has 1 aliphatic heterocycles. The molecule has 0 bridgehead atoms. The lowest BCUT2D eigenvalue weighted by molar-refractivity contribution is 0.113. The Bertz CT molecular complexity index is 507. The number of ether oxygens (including phenoxy) is 1. The van der Waals surface area contributed by atoms with Crippen molar-refractivity contribution in [3.05, 3.63) is 24.3 Å². The molecule has 0 aromatic heterocycles. The molecule has 18 heavy (non-hydrogen) atoms. The van der Waals surface area contributed by atoms with E-state index in [-0.39, 0.29) is 11.0 Å². The molecule has 1 heterocycles. The van der Waals surface area contributed by atoms with Crippen LogP contribution in [-0.2, 0) is 10.0 Å². The molecule has 0 radical (unpaired) electrons. The number of methoxy groups -OCH3 is 1. The summed E-state index contributed by atoms with van der Waals surface area (Å²) in [6, 6.07) is 6.44. The minimum absolute atomic E-state index is 0.234. The molecule has 0 saturated carbocycles. The Hall–Kier alpha value is -1.11. The normalized spacial score (nSPS) is 18.8. The van der Waals surface area contributed by atoms with Gasteiger partial charge >= 0.3 is 0 Å². The van der Waals surface area contributed by atoms with Gasteiger partial charge in [0, 0.05) is 19.2 Å². The van der Waals surface area contributed by atoms with Gasteiger partial charge in [0.05, 0.1) is 18.1 Å². The smallest absolute Gasteiger partial charge is 0.243 e. The third kappa shape index (κ3) is 2.66. The monoisotopic (exact) mass is 271 g/mol. The van der Waals surface area contributed by atoms with E-state index in [0.29, 0.717) is 31.7 Å². The van der Waals surface area contributed by atoms with Crippen molar-refractivity contribution >= 4 is 10.0 Å². The Morgan fingerprint density at radius 2 is 2.00 bits per heavy atom. The first-order valence-corrected chi connectivity index (χ1v) is 7.30. The van der Waals surface area contributed by atoms with E-state index in [9.17, 15) is 13.5 Å². The molecule has 6 heteroatoms. The lowest BCUT2D eigenvalue weighted by atomic mass is 10.1. The molecular weight excluding hydrogens is 254 g/mol. The molecule has 1 aromatic carbocycles. The summed E-state index contributed by atoms with van der Waals surface area (Å²) < 4.78 is 31.1. The summed E-state index contributed by atoms with van der Waals surface area (Å²) in [5, 5.41) is 9.40. The van der Waals surface area contributed by atoms with E-state index in [1.807, 2.05) is 0 Å². The molecule has 0 aliphatic carbocycles. The Kier molecular flexibility index (Phi) is 3.89. The zero-order valence-electron chi connectivity index (χ0n) is 10.2. The van der Waals surface area contributed by atoms with Gasteiger partial charge in [0.2, 0.25) is 10.0 Å². The van der Waals surface area contributed by atoms with Gasteiger partial charge < -0.3 is 9.84 Å². The van der Waals surface area contributed by atoms with E-state index < -0.39 is 10.0 Å². The number of sulfonamides is 1. The Balaban J connectivity index is 2.24. The van der Waals surface area contributed by atoms with Gasteiger partial charge in [-0.15, -0.1) is 0 Å². The van der Waals surface area contributed by atoms with Crippen molar-refractivity contribution in [3.63, 3.8) is 0 Å². The van der Waals surface area contributed by atoms with Gasteiger partial charge in [-0.3, -0.25) is 0 Å². The van der Waals surface area contributed by atoms with Gasteiger partial charge in [0.25, 0.3) is 0 Å². The van der Waals surface area contributed by atoms with E-state index >= 15 is 0 Å². The second-order valence-electron chi connectivity index (χ2n) is 4.31. The Labute approximate surface area is 107 Å². The zero-order valence-corrected chi connectivity index (χ0v) is 11.1. The van der Waals surface area contributed by atoms with Crippen LogP contribution < -0.4 is 4.74 Å². The van der Waals surface area contributed by atoms with Crippen molar-refractivity contribution < 1.29 is 18.3 Å². The number of aliphatic hydroxyl groups excluding tert-OH is 1. The molecule has 1 aromatic rings. The summed E-state index contributed by atoms with van der Waals surface area (Å²) in [6.07, 6.45) is 0.591. The maximum atomic E-state index is 12.4. The number of piperidine rings is 1. The van der Waals surface area contributed by atoms with E-state index in [4.69, 9.17) is 4.74 Å². The molecule has 0 unspecified atom stereocenters. The fraction of sp³-hybridized carbons (Fsp3) is 0.500. The number of hydrogen-bond donors (Lipinski definition) is 1. The highest BCUT2D eigenvalue weighted by molar-refractivity contribution is 7.89. The summed E-state index contributed by atoms with van der Waals surface area (Å²) in [5.74, 6) is 0.521. The first-order chi connectivity index (χ1) is 8.54. The van der Waals surface area contributed by atoms with Crippen molar-refractivity contribution in [1.29, 1.82) is 0 Å². The van der Waals surface area contributed by atoms with Crippen LogP contribution in [-0.4, -0.2) is 44.1 Å². The predicted octanol–water partition coefficient (Wildman–Crippen LogP) is 0.841. The van der Waals surface area contributed by atoms with Crippen LogP contribution in [0.3, 0.4) is 0 Å². The van der Waals surface area contributed by atoms with Crippen LogP contribution in [0.4, 0.5) is 0 Å². The van der Waals surface area contributed by atoms with Gasteiger partial charge in [0.15, 0.2) is 0 Å². The van der Waals surface area contributed by atoms with Gasteiger partial charge in [-0.25, -0.2) is 8.42 Å². The minimum atomic E-state index is -3.48. The predicted molar refractivity (Wildman–Crippen MR) is 67.0 cm³/mol. The van der Waals surface area contributed by atoms with Crippen LogP contribution in [0.2, 0.25) is 0 Å². The summed E-state index contributed by atoms with van der Waals surface area (Å²) in [7, 11) is -1.97. The van der Waals surface area contributed by atoms with Crippen molar-refractivity contribution in [2.24, 2.45) is 0 Å². The first kappa shape index (κ1) is 13.3. The molecule has 0 atom stereocenters. The quantitative estimate of drug-likeness (QED) is 0.884. The molecule has 0 spiro atoms. The minimum Gasteiger partial charge on any atom is -0.497 e. The molecule has 1 fully saturated rings. The van der Waals surface area contributed by atoms with Crippen molar-refractivity contribution in [2.75, 3.05) is 20.2 Å². The lowest BCUT2D eigenvalue weighted by Crippen LogP contribution is -2.39. The van der Waals surface area contributed by atoms with Gasteiger partial charge in [-0.05, 0) is 25.0 Å². The van der Waals surface area contributed by atoms with Crippen LogP contribution >= 0.6 is 0 Å². The second-order valence-corrected chi connectivity index (χ2v) is 6.25. The van der Waals surface area contributed by atoms with Crippen molar-refractivity contribution in [1.82, 2.24) is 4.31 Å². The van der Waals surface area contributed by atoms with Gasteiger partial charge in [-0.2, -0.15) is 4.31 Å². The molecule has 1 aliphatic rings. The first-order valence-electron chi connectivity index (χ1n) is 5.86. The zero-order chi connectivity index (χ0) is 13.2. The van der Waals surface area contributed by atoms with E-state index in [1.165, 1.54) is 17.5 Å². The maximum Gasteiger partial charge on any atom is 0.243 e.